The number of nitrogens with zero attached hydrogens (tertiary/aromatic N) is 4. The van der Waals surface area contributed by atoms with E-state index in [-0.39, 0.29) is 0 Å². The zero-order valence-corrected chi connectivity index (χ0v) is 18.2. The van der Waals surface area contributed by atoms with Gasteiger partial charge in [0.15, 0.2) is 0 Å². The molecule has 0 amide bonds. The number of thiazole rings is 2. The summed E-state index contributed by atoms with van der Waals surface area (Å²) in [5.41, 5.74) is 3.65. The van der Waals surface area contributed by atoms with Crippen molar-refractivity contribution in [3.63, 3.8) is 0 Å². The summed E-state index contributed by atoms with van der Waals surface area (Å²) in [6, 6.07) is 12.7. The molecule has 4 rings (SSSR count). The molecule has 0 spiro atoms. The van der Waals surface area contributed by atoms with Crippen molar-refractivity contribution in [2.24, 2.45) is 10.2 Å². The van der Waals surface area contributed by atoms with Crippen LogP contribution in [0.25, 0.3) is 20.4 Å². The monoisotopic (exact) mass is 412 g/mol. The van der Waals surface area contributed by atoms with Gasteiger partial charge < -0.3 is 13.9 Å². The number of rotatable bonds is 5. The lowest BCUT2D eigenvalue weighted by atomic mass is 10.2. The molecule has 146 valence electrons. The maximum absolute atomic E-state index is 5.64. The lowest BCUT2D eigenvalue weighted by molar-refractivity contribution is 0.341. The van der Waals surface area contributed by atoms with E-state index in [1.807, 2.05) is 13.0 Å². The summed E-state index contributed by atoms with van der Waals surface area (Å²) in [6.45, 7) is 10.8. The molecule has 5 nitrogen and oxygen atoms in total. The molecule has 0 N–H and O–H groups in total. The van der Waals surface area contributed by atoms with Gasteiger partial charge in [-0.25, -0.2) is 0 Å². The minimum Gasteiger partial charge on any atom is -0.494 e. The molecule has 0 bridgehead atoms. The molecule has 0 atom stereocenters. The Bertz CT molecular complexity index is 1270. The molecule has 4 aromatic rings. The van der Waals surface area contributed by atoms with Gasteiger partial charge in [-0.3, -0.25) is 0 Å². The van der Waals surface area contributed by atoms with Crippen LogP contribution in [0.1, 0.15) is 26.3 Å². The summed E-state index contributed by atoms with van der Waals surface area (Å²) < 4.78 is 12.5. The normalized spacial score (nSPS) is 13.1. The highest BCUT2D eigenvalue weighted by molar-refractivity contribution is 7.16. The first kappa shape index (κ1) is 19.0. The highest BCUT2D eigenvalue weighted by Crippen LogP contribution is 2.23. The van der Waals surface area contributed by atoms with Crippen LogP contribution in [0.15, 0.2) is 46.6 Å². The Morgan fingerprint density at radius 2 is 1.39 bits per heavy atom. The maximum atomic E-state index is 5.64. The van der Waals surface area contributed by atoms with Crippen molar-refractivity contribution in [1.29, 1.82) is 0 Å². The fourth-order valence-electron chi connectivity index (χ4n) is 3.34. The standard InChI is InChI=1S/C21H24N4OS2/c1-5-24-16-10-8-14(4)12-18(16)27-20(24)22-23-21-25(6-2)17-11-9-15(26-7-3)13-19(17)28-21/h8-13H,5-7H2,1-4H3/b22-20-,23-21+. The maximum Gasteiger partial charge on any atom is 0.211 e. The van der Waals surface area contributed by atoms with Gasteiger partial charge in [-0.05, 0) is 63.6 Å². The van der Waals surface area contributed by atoms with Crippen LogP contribution in [0.4, 0.5) is 0 Å². The van der Waals surface area contributed by atoms with Gasteiger partial charge in [0.1, 0.15) is 5.75 Å². The summed E-state index contributed by atoms with van der Waals surface area (Å²) >= 11 is 3.34. The van der Waals surface area contributed by atoms with Gasteiger partial charge in [0.25, 0.3) is 0 Å². The van der Waals surface area contributed by atoms with Gasteiger partial charge in [0, 0.05) is 13.1 Å². The average molecular weight is 413 g/mol. The molecule has 0 aliphatic heterocycles. The Labute approximate surface area is 171 Å². The summed E-state index contributed by atoms with van der Waals surface area (Å²) in [4.78, 5) is 1.83. The molecule has 28 heavy (non-hydrogen) atoms. The van der Waals surface area contributed by atoms with E-state index in [2.05, 4.69) is 70.4 Å². The van der Waals surface area contributed by atoms with Crippen molar-refractivity contribution in [2.45, 2.75) is 40.8 Å². The van der Waals surface area contributed by atoms with E-state index in [0.29, 0.717) is 6.61 Å². The Morgan fingerprint density at radius 3 is 1.96 bits per heavy atom. The number of benzene rings is 2. The van der Waals surface area contributed by atoms with Gasteiger partial charge in [-0.15, -0.1) is 10.2 Å². The van der Waals surface area contributed by atoms with Crippen LogP contribution in [0, 0.1) is 6.92 Å². The average Bonchev–Trinajstić information content (AvgIpc) is 3.22. The summed E-state index contributed by atoms with van der Waals surface area (Å²) in [5, 5.41) is 9.28. The quantitative estimate of drug-likeness (QED) is 0.431. The van der Waals surface area contributed by atoms with Gasteiger partial charge in [-0.1, -0.05) is 28.7 Å². The molecule has 2 aromatic carbocycles. The van der Waals surface area contributed by atoms with Gasteiger partial charge >= 0.3 is 0 Å². The third-order valence-corrected chi connectivity index (χ3v) is 6.72. The molecule has 0 aliphatic carbocycles. The second-order valence-electron chi connectivity index (χ2n) is 6.49. The van der Waals surface area contributed by atoms with Crippen molar-refractivity contribution in [1.82, 2.24) is 9.13 Å². The van der Waals surface area contributed by atoms with Crippen LogP contribution in [0.2, 0.25) is 0 Å². The first-order chi connectivity index (χ1) is 13.6. The van der Waals surface area contributed by atoms with E-state index < -0.39 is 0 Å². The molecule has 0 saturated heterocycles. The van der Waals surface area contributed by atoms with E-state index in [1.165, 1.54) is 21.3 Å². The summed E-state index contributed by atoms with van der Waals surface area (Å²) in [6.07, 6.45) is 0. The largest absolute Gasteiger partial charge is 0.494 e. The van der Waals surface area contributed by atoms with Crippen LogP contribution in [0.3, 0.4) is 0 Å². The molecule has 2 aromatic heterocycles. The Hall–Kier alpha value is -2.38. The van der Waals surface area contributed by atoms with Crippen LogP contribution in [-0.2, 0) is 13.1 Å². The fraction of sp³-hybridized carbons (Fsp3) is 0.333. The van der Waals surface area contributed by atoms with Crippen LogP contribution < -0.4 is 14.3 Å². The predicted molar refractivity (Wildman–Crippen MR) is 118 cm³/mol. The van der Waals surface area contributed by atoms with Crippen molar-refractivity contribution < 1.29 is 4.74 Å². The lowest BCUT2D eigenvalue weighted by Crippen LogP contribution is -2.16. The molecule has 0 aliphatic rings. The first-order valence-electron chi connectivity index (χ1n) is 9.58. The molecule has 2 heterocycles. The fourth-order valence-corrected chi connectivity index (χ4v) is 5.56. The van der Waals surface area contributed by atoms with E-state index in [0.717, 1.165) is 33.1 Å². The summed E-state index contributed by atoms with van der Waals surface area (Å²) in [5.74, 6) is 0.895. The Balaban J connectivity index is 1.89. The van der Waals surface area contributed by atoms with Crippen molar-refractivity contribution in [2.75, 3.05) is 6.61 Å². The SMILES string of the molecule is CCOc1ccc2c(c1)s/c(=N/N=c1\sc3cc(C)ccc3n1CC)n2CC. The number of ether oxygens (including phenoxy) is 1. The van der Waals surface area contributed by atoms with E-state index in [1.54, 1.807) is 22.7 Å². The highest BCUT2D eigenvalue weighted by Gasteiger charge is 2.07. The number of aromatic nitrogens is 2. The molecular weight excluding hydrogens is 388 g/mol. The highest BCUT2D eigenvalue weighted by atomic mass is 32.1. The molecule has 0 radical (unpaired) electrons. The number of hydrogen-bond donors (Lipinski definition) is 0. The number of aryl methyl sites for hydroxylation is 3. The van der Waals surface area contributed by atoms with Crippen molar-refractivity contribution >= 4 is 43.1 Å². The molecular formula is C21H24N4OS2. The topological polar surface area (TPSA) is 43.8 Å². The van der Waals surface area contributed by atoms with Crippen LogP contribution in [-0.4, -0.2) is 15.7 Å². The van der Waals surface area contributed by atoms with Crippen molar-refractivity contribution in [3.8, 4) is 5.75 Å². The number of hydrogen-bond acceptors (Lipinski definition) is 5. The molecule has 7 heteroatoms. The van der Waals surface area contributed by atoms with Gasteiger partial charge in [-0.2, -0.15) is 0 Å². The van der Waals surface area contributed by atoms with E-state index in [4.69, 9.17) is 4.74 Å². The van der Waals surface area contributed by atoms with Gasteiger partial charge in [0.05, 0.1) is 27.0 Å². The Kier molecular flexibility index (Phi) is 5.37. The lowest BCUT2D eigenvalue weighted by Gasteiger charge is -2.03. The molecule has 0 unspecified atom stereocenters. The zero-order valence-electron chi connectivity index (χ0n) is 16.6. The second-order valence-corrected chi connectivity index (χ2v) is 8.51. The number of fused-ring (bicyclic) bond motifs is 2. The van der Waals surface area contributed by atoms with Crippen LogP contribution >= 0.6 is 22.7 Å². The second kappa shape index (κ2) is 7.93. The van der Waals surface area contributed by atoms with E-state index >= 15 is 0 Å². The third kappa shape index (κ3) is 3.40. The van der Waals surface area contributed by atoms with Crippen molar-refractivity contribution in [3.05, 3.63) is 51.6 Å². The van der Waals surface area contributed by atoms with E-state index in [9.17, 15) is 0 Å². The first-order valence-corrected chi connectivity index (χ1v) is 11.2. The predicted octanol–water partition coefficient (Wildman–Crippen LogP) is 4.88. The zero-order chi connectivity index (χ0) is 19.7. The summed E-state index contributed by atoms with van der Waals surface area (Å²) in [7, 11) is 0. The van der Waals surface area contributed by atoms with Crippen LogP contribution in [0.5, 0.6) is 5.75 Å². The molecule has 0 fully saturated rings. The minimum atomic E-state index is 0.666. The smallest absolute Gasteiger partial charge is 0.211 e. The Morgan fingerprint density at radius 1 is 0.821 bits per heavy atom. The third-order valence-electron chi connectivity index (χ3n) is 4.66. The van der Waals surface area contributed by atoms with Gasteiger partial charge in [0.2, 0.25) is 9.60 Å². The molecule has 0 saturated carbocycles. The minimum absolute atomic E-state index is 0.666.